The van der Waals surface area contributed by atoms with Crippen LogP contribution in [0.4, 0.5) is 0 Å². The van der Waals surface area contributed by atoms with Crippen molar-refractivity contribution in [2.45, 2.75) is 88.6 Å². The maximum absolute atomic E-state index is 13.4. The van der Waals surface area contributed by atoms with Crippen LogP contribution in [0.2, 0.25) is 16.6 Å². The van der Waals surface area contributed by atoms with E-state index in [0.29, 0.717) is 11.1 Å². The van der Waals surface area contributed by atoms with E-state index in [1.165, 1.54) is 12.1 Å². The molecule has 2 aromatic carbocycles. The van der Waals surface area contributed by atoms with E-state index < -0.39 is 36.5 Å². The Hall–Kier alpha value is -2.77. The highest BCUT2D eigenvalue weighted by atomic mass is 32.2. The predicted octanol–water partition coefficient (Wildman–Crippen LogP) is 5.91. The molecular formula is C29H40N2O5SSi. The van der Waals surface area contributed by atoms with Gasteiger partial charge >= 0.3 is 0 Å². The van der Waals surface area contributed by atoms with Crippen LogP contribution in [0, 0.1) is 18.3 Å². The summed E-state index contributed by atoms with van der Waals surface area (Å²) < 4.78 is 34.8. The average molecular weight is 557 g/mol. The Balaban J connectivity index is 2.37. The fourth-order valence-electron chi connectivity index (χ4n) is 5.02. The standard InChI is InChI=1S/C29H40N2O5SSi/c1-20(2)38(21(3)4,22(5)6)36-28(10-8-9-27(32)25-15-13-24(19-30)14-16-25)29(33)31-37(34,35)26-17-11-23(7)12-18-26/h8,10-18,20-22,27-28,32H,9H2,1-7H3,(H,31,33)/b10-8-/t27-,28+/m1/s1. The number of sulfonamides is 1. The molecule has 0 aliphatic heterocycles. The number of rotatable bonds is 12. The van der Waals surface area contributed by atoms with Gasteiger partial charge in [-0.3, -0.25) is 4.79 Å². The fraction of sp³-hybridized carbons (Fsp3) is 0.448. The minimum absolute atomic E-state index is 0.00416. The van der Waals surface area contributed by atoms with Gasteiger partial charge in [-0.15, -0.1) is 0 Å². The first-order valence-electron chi connectivity index (χ1n) is 12.9. The van der Waals surface area contributed by atoms with Gasteiger partial charge in [0, 0.05) is 0 Å². The van der Waals surface area contributed by atoms with Crippen LogP contribution in [0.5, 0.6) is 0 Å². The molecule has 2 atom stereocenters. The predicted molar refractivity (Wildman–Crippen MR) is 152 cm³/mol. The summed E-state index contributed by atoms with van der Waals surface area (Å²) in [6.07, 6.45) is 1.36. The molecule has 0 spiro atoms. The van der Waals surface area contributed by atoms with E-state index in [-0.39, 0.29) is 27.9 Å². The summed E-state index contributed by atoms with van der Waals surface area (Å²) in [7, 11) is -6.67. The Morgan fingerprint density at radius 3 is 2.00 bits per heavy atom. The second-order valence-electron chi connectivity index (χ2n) is 10.6. The molecule has 0 aromatic heterocycles. The zero-order valence-electron chi connectivity index (χ0n) is 23.3. The number of aliphatic hydroxyl groups excluding tert-OH is 1. The van der Waals surface area contributed by atoms with Crippen LogP contribution in [0.3, 0.4) is 0 Å². The second kappa shape index (κ2) is 13.3. The molecule has 0 unspecified atom stereocenters. The maximum Gasteiger partial charge on any atom is 0.265 e. The van der Waals surface area contributed by atoms with E-state index >= 15 is 0 Å². The number of amides is 1. The molecule has 0 heterocycles. The summed E-state index contributed by atoms with van der Waals surface area (Å²) >= 11 is 0. The van der Waals surface area contributed by atoms with E-state index in [4.69, 9.17) is 9.69 Å². The first-order valence-corrected chi connectivity index (χ1v) is 16.5. The van der Waals surface area contributed by atoms with Gasteiger partial charge in [-0.05, 0) is 59.8 Å². The number of benzene rings is 2. The molecule has 2 N–H and O–H groups in total. The van der Waals surface area contributed by atoms with Gasteiger partial charge in [0.25, 0.3) is 15.9 Å². The third-order valence-electron chi connectivity index (χ3n) is 6.96. The molecule has 7 nitrogen and oxygen atoms in total. The first-order chi connectivity index (χ1) is 17.7. The van der Waals surface area contributed by atoms with E-state index in [1.807, 2.05) is 13.0 Å². The van der Waals surface area contributed by atoms with Crippen LogP contribution in [-0.4, -0.2) is 33.9 Å². The van der Waals surface area contributed by atoms with Crippen LogP contribution < -0.4 is 4.72 Å². The van der Waals surface area contributed by atoms with Crippen molar-refractivity contribution >= 4 is 24.2 Å². The topological polar surface area (TPSA) is 116 Å². The van der Waals surface area contributed by atoms with Gasteiger partial charge in [0.1, 0.15) is 6.10 Å². The SMILES string of the molecule is Cc1ccc(S(=O)(=O)NC(=O)[C@H](/C=C\C[C@@H](O)c2ccc(C#N)cc2)O[Si](C(C)C)(C(C)C)C(C)C)cc1. The number of aliphatic hydroxyl groups is 1. The Labute approximate surface area is 228 Å². The maximum atomic E-state index is 13.4. The Morgan fingerprint density at radius 2 is 1.53 bits per heavy atom. The molecule has 0 aliphatic carbocycles. The van der Waals surface area contributed by atoms with Crippen LogP contribution >= 0.6 is 0 Å². The summed E-state index contributed by atoms with van der Waals surface area (Å²) in [4.78, 5) is 13.4. The van der Waals surface area contributed by atoms with E-state index in [0.717, 1.165) is 5.56 Å². The molecule has 1 amide bonds. The number of hydrogen-bond donors (Lipinski definition) is 2. The van der Waals surface area contributed by atoms with Crippen molar-refractivity contribution in [3.05, 3.63) is 77.4 Å². The lowest BCUT2D eigenvalue weighted by Crippen LogP contribution is -2.53. The molecule has 0 fully saturated rings. The van der Waals surface area contributed by atoms with Gasteiger partial charge in [-0.2, -0.15) is 5.26 Å². The highest BCUT2D eigenvalue weighted by molar-refractivity contribution is 7.90. The lowest BCUT2D eigenvalue weighted by Gasteiger charge is -2.43. The lowest BCUT2D eigenvalue weighted by atomic mass is 10.0. The van der Waals surface area contributed by atoms with Gasteiger partial charge in [0.2, 0.25) is 8.32 Å². The normalized spacial score (nSPS) is 14.2. The molecule has 0 aliphatic rings. The molecule has 9 heteroatoms. The average Bonchev–Trinajstić information content (AvgIpc) is 2.85. The molecule has 0 radical (unpaired) electrons. The van der Waals surface area contributed by atoms with Crippen LogP contribution in [0.15, 0.2) is 65.6 Å². The van der Waals surface area contributed by atoms with Crippen LogP contribution in [0.25, 0.3) is 0 Å². The largest absolute Gasteiger partial charge is 0.401 e. The number of nitrogens with zero attached hydrogens (tertiary/aromatic N) is 1. The third kappa shape index (κ3) is 7.64. The minimum Gasteiger partial charge on any atom is -0.401 e. The minimum atomic E-state index is -4.10. The zero-order valence-corrected chi connectivity index (χ0v) is 25.1. The van der Waals surface area contributed by atoms with E-state index in [2.05, 4.69) is 46.3 Å². The van der Waals surface area contributed by atoms with Crippen molar-refractivity contribution in [3.8, 4) is 6.07 Å². The number of nitrogens with one attached hydrogen (secondary N) is 1. The Bertz CT molecular complexity index is 1230. The number of aryl methyl sites for hydroxylation is 1. The molecular weight excluding hydrogens is 516 g/mol. The number of hydrogen-bond acceptors (Lipinski definition) is 6. The highest BCUT2D eigenvalue weighted by Gasteiger charge is 2.47. The molecule has 2 aromatic rings. The highest BCUT2D eigenvalue weighted by Crippen LogP contribution is 2.43. The van der Waals surface area contributed by atoms with Crippen molar-refractivity contribution < 1.29 is 22.7 Å². The van der Waals surface area contributed by atoms with Gasteiger partial charge in [-0.1, -0.05) is 83.5 Å². The summed E-state index contributed by atoms with van der Waals surface area (Å²) in [5.41, 5.74) is 2.54. The monoisotopic (exact) mass is 556 g/mol. The molecule has 2 rings (SSSR count). The fourth-order valence-corrected chi connectivity index (χ4v) is 11.5. The second-order valence-corrected chi connectivity index (χ2v) is 17.6. The quantitative estimate of drug-likeness (QED) is 0.248. The molecule has 0 saturated heterocycles. The van der Waals surface area contributed by atoms with E-state index in [9.17, 15) is 18.3 Å². The van der Waals surface area contributed by atoms with Gasteiger partial charge in [0.15, 0.2) is 0 Å². The Kier molecular flexibility index (Phi) is 11.0. The summed E-state index contributed by atoms with van der Waals surface area (Å²) in [6, 6.07) is 14.9. The third-order valence-corrected chi connectivity index (χ3v) is 14.4. The lowest BCUT2D eigenvalue weighted by molar-refractivity contribution is -0.124. The Morgan fingerprint density at radius 1 is 1.00 bits per heavy atom. The molecule has 0 saturated carbocycles. The van der Waals surface area contributed by atoms with Gasteiger partial charge in [-0.25, -0.2) is 13.1 Å². The number of carbonyl (C=O) groups excluding carboxylic acids is 1. The van der Waals surface area contributed by atoms with Crippen molar-refractivity contribution in [2.75, 3.05) is 0 Å². The molecule has 38 heavy (non-hydrogen) atoms. The number of nitriles is 1. The molecule has 0 bridgehead atoms. The van der Waals surface area contributed by atoms with Crippen molar-refractivity contribution in [1.29, 1.82) is 5.26 Å². The smallest absolute Gasteiger partial charge is 0.265 e. The number of carbonyl (C=O) groups is 1. The summed E-state index contributed by atoms with van der Waals surface area (Å²) in [5.74, 6) is -0.770. The molecule has 206 valence electrons. The zero-order chi connectivity index (χ0) is 28.7. The van der Waals surface area contributed by atoms with Gasteiger partial charge < -0.3 is 9.53 Å². The van der Waals surface area contributed by atoms with Crippen molar-refractivity contribution in [3.63, 3.8) is 0 Å². The first kappa shape index (κ1) is 31.4. The van der Waals surface area contributed by atoms with Crippen molar-refractivity contribution in [2.24, 2.45) is 0 Å². The van der Waals surface area contributed by atoms with Crippen LogP contribution in [0.1, 0.15) is 70.8 Å². The van der Waals surface area contributed by atoms with Crippen molar-refractivity contribution in [1.82, 2.24) is 4.72 Å². The summed E-state index contributed by atoms with van der Waals surface area (Å²) in [5, 5.41) is 19.6. The van der Waals surface area contributed by atoms with Gasteiger partial charge in [0.05, 0.1) is 22.6 Å². The summed E-state index contributed by atoms with van der Waals surface area (Å²) in [6.45, 7) is 14.4. The van der Waals surface area contributed by atoms with Crippen LogP contribution in [-0.2, 0) is 19.2 Å². The van der Waals surface area contributed by atoms with E-state index in [1.54, 1.807) is 48.6 Å².